The fourth-order valence-electron chi connectivity index (χ4n) is 2.69. The van der Waals surface area contributed by atoms with Crippen molar-refractivity contribution in [1.29, 1.82) is 0 Å². The molecule has 2 rings (SSSR count). The molecule has 0 bridgehead atoms. The number of carboxylic acids is 1. The molecule has 4 nitrogen and oxygen atoms in total. The van der Waals surface area contributed by atoms with E-state index in [0.717, 1.165) is 36.1 Å². The van der Waals surface area contributed by atoms with Gasteiger partial charge < -0.3 is 9.84 Å². The third-order valence-electron chi connectivity index (χ3n) is 3.93. The summed E-state index contributed by atoms with van der Waals surface area (Å²) in [7, 11) is 0. The molecule has 2 N–H and O–H groups in total. The zero-order chi connectivity index (χ0) is 14.8. The third-order valence-corrected chi connectivity index (χ3v) is 3.93. The molecule has 1 aliphatic rings. The monoisotopic (exact) mass is 277 g/mol. The predicted molar refractivity (Wildman–Crippen MR) is 77.9 cm³/mol. The van der Waals surface area contributed by atoms with Crippen molar-refractivity contribution in [3.05, 3.63) is 34.9 Å². The van der Waals surface area contributed by atoms with Gasteiger partial charge in [-0.05, 0) is 39.2 Å². The standard InChI is InChI=1S/C16H23NO3/c1-11-7-12(2)9-13(8-11)16(3,15(18)19)17-10-14-5-4-6-20-14/h7-9,14,17H,4-6,10H2,1-3H3,(H,18,19). The summed E-state index contributed by atoms with van der Waals surface area (Å²) in [6.45, 7) is 7.03. The quantitative estimate of drug-likeness (QED) is 0.867. The molecule has 1 fully saturated rings. The number of benzene rings is 1. The van der Waals surface area contributed by atoms with Crippen molar-refractivity contribution in [1.82, 2.24) is 5.32 Å². The van der Waals surface area contributed by atoms with Crippen LogP contribution in [0.5, 0.6) is 0 Å². The molecule has 1 heterocycles. The topological polar surface area (TPSA) is 58.6 Å². The van der Waals surface area contributed by atoms with Gasteiger partial charge in [-0.3, -0.25) is 5.32 Å². The summed E-state index contributed by atoms with van der Waals surface area (Å²) in [5.41, 5.74) is 1.86. The van der Waals surface area contributed by atoms with Crippen molar-refractivity contribution in [3.63, 3.8) is 0 Å². The highest BCUT2D eigenvalue weighted by Gasteiger charge is 2.36. The van der Waals surface area contributed by atoms with Crippen molar-refractivity contribution in [2.75, 3.05) is 13.2 Å². The molecule has 0 aliphatic carbocycles. The first-order chi connectivity index (χ1) is 9.41. The largest absolute Gasteiger partial charge is 0.480 e. The van der Waals surface area contributed by atoms with Crippen molar-refractivity contribution in [2.45, 2.75) is 45.3 Å². The highest BCUT2D eigenvalue weighted by molar-refractivity contribution is 5.80. The van der Waals surface area contributed by atoms with E-state index in [1.54, 1.807) is 6.92 Å². The number of hydrogen-bond donors (Lipinski definition) is 2. The van der Waals surface area contributed by atoms with Gasteiger partial charge in [-0.15, -0.1) is 0 Å². The van der Waals surface area contributed by atoms with Gasteiger partial charge in [-0.25, -0.2) is 4.79 Å². The van der Waals surface area contributed by atoms with Gasteiger partial charge in [0.2, 0.25) is 0 Å². The van der Waals surface area contributed by atoms with E-state index in [0.29, 0.717) is 6.54 Å². The van der Waals surface area contributed by atoms with Gasteiger partial charge in [0.25, 0.3) is 0 Å². The Labute approximate surface area is 120 Å². The summed E-state index contributed by atoms with van der Waals surface area (Å²) < 4.78 is 5.56. The molecule has 0 amide bonds. The van der Waals surface area contributed by atoms with Gasteiger partial charge in [-0.2, -0.15) is 0 Å². The van der Waals surface area contributed by atoms with Crippen LogP contribution in [0.1, 0.15) is 36.5 Å². The lowest BCUT2D eigenvalue weighted by Gasteiger charge is -2.29. The Morgan fingerprint density at radius 2 is 2.05 bits per heavy atom. The first-order valence-corrected chi connectivity index (χ1v) is 7.10. The van der Waals surface area contributed by atoms with Crippen LogP contribution in [0, 0.1) is 13.8 Å². The molecule has 20 heavy (non-hydrogen) atoms. The van der Waals surface area contributed by atoms with Gasteiger partial charge in [0.05, 0.1) is 6.10 Å². The molecule has 2 atom stereocenters. The molecule has 0 saturated carbocycles. The van der Waals surface area contributed by atoms with Crippen LogP contribution >= 0.6 is 0 Å². The first kappa shape index (κ1) is 15.0. The van der Waals surface area contributed by atoms with Crippen LogP contribution in [-0.4, -0.2) is 30.3 Å². The third kappa shape index (κ3) is 3.19. The minimum absolute atomic E-state index is 0.125. The van der Waals surface area contributed by atoms with Crippen molar-refractivity contribution in [2.24, 2.45) is 0 Å². The number of carbonyl (C=O) groups is 1. The van der Waals surface area contributed by atoms with Crippen LogP contribution < -0.4 is 5.32 Å². The SMILES string of the molecule is Cc1cc(C)cc(C(C)(NCC2CCCO2)C(=O)O)c1. The van der Waals surface area contributed by atoms with E-state index in [-0.39, 0.29) is 6.10 Å². The Morgan fingerprint density at radius 1 is 1.40 bits per heavy atom. The normalized spacial score (nSPS) is 21.6. The highest BCUT2D eigenvalue weighted by Crippen LogP contribution is 2.24. The minimum atomic E-state index is -1.08. The summed E-state index contributed by atoms with van der Waals surface area (Å²) >= 11 is 0. The molecule has 0 aromatic heterocycles. The molecule has 1 saturated heterocycles. The van der Waals surface area contributed by atoms with Crippen LogP contribution in [0.4, 0.5) is 0 Å². The number of nitrogens with one attached hydrogen (secondary N) is 1. The second kappa shape index (κ2) is 5.94. The van der Waals surface area contributed by atoms with Gasteiger partial charge >= 0.3 is 5.97 Å². The van der Waals surface area contributed by atoms with E-state index in [2.05, 4.69) is 5.32 Å². The fraction of sp³-hybridized carbons (Fsp3) is 0.562. The number of aliphatic carboxylic acids is 1. The number of hydrogen-bond acceptors (Lipinski definition) is 3. The molecular formula is C16H23NO3. The summed E-state index contributed by atoms with van der Waals surface area (Å²) in [4.78, 5) is 11.7. The maximum atomic E-state index is 11.7. The number of ether oxygens (including phenoxy) is 1. The lowest BCUT2D eigenvalue weighted by atomic mass is 9.89. The Kier molecular flexibility index (Phi) is 4.45. The average molecular weight is 277 g/mol. The van der Waals surface area contributed by atoms with Crippen molar-refractivity contribution in [3.8, 4) is 0 Å². The second-order valence-corrected chi connectivity index (χ2v) is 5.82. The lowest BCUT2D eigenvalue weighted by molar-refractivity contribution is -0.144. The number of carboxylic acid groups (broad SMARTS) is 1. The zero-order valence-electron chi connectivity index (χ0n) is 12.4. The number of rotatable bonds is 5. The van der Waals surface area contributed by atoms with Gasteiger partial charge in [0, 0.05) is 13.2 Å². The fourth-order valence-corrected chi connectivity index (χ4v) is 2.69. The van der Waals surface area contributed by atoms with Gasteiger partial charge in [0.15, 0.2) is 0 Å². The smallest absolute Gasteiger partial charge is 0.328 e. The van der Waals surface area contributed by atoms with E-state index in [1.165, 1.54) is 0 Å². The minimum Gasteiger partial charge on any atom is -0.480 e. The summed E-state index contributed by atoms with van der Waals surface area (Å²) in [6, 6.07) is 5.92. The molecule has 0 spiro atoms. The van der Waals surface area contributed by atoms with Gasteiger partial charge in [0.1, 0.15) is 5.54 Å². The lowest BCUT2D eigenvalue weighted by Crippen LogP contribution is -2.49. The van der Waals surface area contributed by atoms with E-state index in [1.807, 2.05) is 32.0 Å². The van der Waals surface area contributed by atoms with Crippen LogP contribution in [-0.2, 0) is 15.1 Å². The summed E-state index contributed by atoms with van der Waals surface area (Å²) in [5.74, 6) is -0.861. The molecule has 110 valence electrons. The Morgan fingerprint density at radius 3 is 2.55 bits per heavy atom. The Hall–Kier alpha value is -1.39. The van der Waals surface area contributed by atoms with E-state index < -0.39 is 11.5 Å². The molecule has 4 heteroatoms. The maximum absolute atomic E-state index is 11.7. The van der Waals surface area contributed by atoms with Crippen LogP contribution in [0.2, 0.25) is 0 Å². The average Bonchev–Trinajstić information content (AvgIpc) is 2.87. The van der Waals surface area contributed by atoms with Crippen molar-refractivity contribution < 1.29 is 14.6 Å². The molecule has 0 radical (unpaired) electrons. The van der Waals surface area contributed by atoms with E-state index in [4.69, 9.17) is 4.74 Å². The van der Waals surface area contributed by atoms with Gasteiger partial charge in [-0.1, -0.05) is 29.3 Å². The molecule has 2 unspecified atom stereocenters. The van der Waals surface area contributed by atoms with Crippen LogP contribution in [0.15, 0.2) is 18.2 Å². The summed E-state index contributed by atoms with van der Waals surface area (Å²) in [5, 5.41) is 12.8. The Bertz CT molecular complexity index is 474. The summed E-state index contributed by atoms with van der Waals surface area (Å²) in [6.07, 6.45) is 2.18. The van der Waals surface area contributed by atoms with Crippen LogP contribution in [0.25, 0.3) is 0 Å². The molecule has 1 aromatic rings. The van der Waals surface area contributed by atoms with E-state index in [9.17, 15) is 9.90 Å². The first-order valence-electron chi connectivity index (χ1n) is 7.10. The molecule has 1 aromatic carbocycles. The zero-order valence-corrected chi connectivity index (χ0v) is 12.4. The molecule has 1 aliphatic heterocycles. The number of aryl methyl sites for hydroxylation is 2. The van der Waals surface area contributed by atoms with E-state index >= 15 is 0 Å². The highest BCUT2D eigenvalue weighted by atomic mass is 16.5. The Balaban J connectivity index is 2.21. The van der Waals surface area contributed by atoms with Crippen LogP contribution in [0.3, 0.4) is 0 Å². The van der Waals surface area contributed by atoms with Crippen molar-refractivity contribution >= 4 is 5.97 Å². The second-order valence-electron chi connectivity index (χ2n) is 5.82. The molecular weight excluding hydrogens is 254 g/mol. The maximum Gasteiger partial charge on any atom is 0.328 e. The predicted octanol–water partition coefficient (Wildman–Crippen LogP) is 2.37.